The fraction of sp³-hybridized carbons (Fsp3) is 0. The van der Waals surface area contributed by atoms with Crippen LogP contribution in [0, 0.1) is 0 Å². The first kappa shape index (κ1) is 9.74. The average molecular weight is 115 g/mol. The SMILES string of the molecule is C=CC(=C)Cl.[MgH2]. The summed E-state index contributed by atoms with van der Waals surface area (Å²) < 4.78 is 0. The molecule has 0 aliphatic carbocycles. The van der Waals surface area contributed by atoms with Gasteiger partial charge in [-0.15, -0.1) is 0 Å². The van der Waals surface area contributed by atoms with Crippen LogP contribution in [0.15, 0.2) is 24.3 Å². The van der Waals surface area contributed by atoms with E-state index in [9.17, 15) is 0 Å². The third-order valence-electron chi connectivity index (χ3n) is 0.221. The molecule has 0 N–H and O–H groups in total. The van der Waals surface area contributed by atoms with Gasteiger partial charge in [0.1, 0.15) is 0 Å². The first-order valence-corrected chi connectivity index (χ1v) is 1.62. The van der Waals surface area contributed by atoms with E-state index in [-0.39, 0.29) is 23.1 Å². The van der Waals surface area contributed by atoms with Crippen LogP contribution in [0.4, 0.5) is 0 Å². The zero-order valence-electron chi connectivity index (χ0n) is 2.87. The highest BCUT2D eigenvalue weighted by molar-refractivity contribution is 6.30. The van der Waals surface area contributed by atoms with Gasteiger partial charge in [-0.2, -0.15) is 0 Å². The topological polar surface area (TPSA) is 0 Å². The third kappa shape index (κ3) is 8.82. The number of allylic oxidation sites excluding steroid dienone is 2. The normalized spacial score (nSPS) is 5.50. The highest BCUT2D eigenvalue weighted by atomic mass is 35.5. The Morgan fingerprint density at radius 1 is 1.67 bits per heavy atom. The summed E-state index contributed by atoms with van der Waals surface area (Å²) in [5.74, 6) is 0. The quantitative estimate of drug-likeness (QED) is 0.353. The first-order chi connectivity index (χ1) is 2.27. The van der Waals surface area contributed by atoms with Crippen LogP contribution in [0.5, 0.6) is 0 Å². The molecule has 2 heteroatoms. The van der Waals surface area contributed by atoms with Gasteiger partial charge in [-0.05, 0) is 0 Å². The molecule has 0 amide bonds. The summed E-state index contributed by atoms with van der Waals surface area (Å²) in [5.41, 5.74) is 0. The highest BCUT2D eigenvalue weighted by Gasteiger charge is 1.63. The Morgan fingerprint density at radius 2 is 1.83 bits per heavy atom. The molecule has 0 saturated heterocycles. The Labute approximate surface area is 59.0 Å². The molecule has 0 aliphatic rings. The van der Waals surface area contributed by atoms with Crippen LogP contribution in [-0.4, -0.2) is 23.1 Å². The van der Waals surface area contributed by atoms with Crippen LogP contribution < -0.4 is 0 Å². The lowest BCUT2D eigenvalue weighted by Gasteiger charge is -1.67. The molecular weight excluding hydrogens is 108 g/mol. The minimum absolute atomic E-state index is 0. The molecule has 0 aliphatic heterocycles. The maximum absolute atomic E-state index is 5.15. The fourth-order valence-corrected chi connectivity index (χ4v) is 0. The van der Waals surface area contributed by atoms with Gasteiger partial charge < -0.3 is 0 Å². The molecule has 0 fully saturated rings. The van der Waals surface area contributed by atoms with E-state index in [1.165, 1.54) is 6.08 Å². The molecule has 6 heavy (non-hydrogen) atoms. The van der Waals surface area contributed by atoms with E-state index in [1.807, 2.05) is 0 Å². The van der Waals surface area contributed by atoms with Gasteiger partial charge >= 0.3 is 23.1 Å². The van der Waals surface area contributed by atoms with Gasteiger partial charge in [0, 0.05) is 5.03 Å². The molecule has 0 nitrogen and oxygen atoms in total. The van der Waals surface area contributed by atoms with Crippen molar-refractivity contribution in [3.05, 3.63) is 24.3 Å². The predicted molar refractivity (Wildman–Crippen MR) is 33.7 cm³/mol. The van der Waals surface area contributed by atoms with E-state index in [0.29, 0.717) is 5.03 Å². The number of rotatable bonds is 1. The molecule has 0 aromatic heterocycles. The Bertz CT molecular complexity index is 58.6. The third-order valence-corrected chi connectivity index (χ3v) is 0.376. The van der Waals surface area contributed by atoms with Crippen molar-refractivity contribution < 1.29 is 0 Å². The second-order valence-corrected chi connectivity index (χ2v) is 1.14. The molecule has 0 rings (SSSR count). The van der Waals surface area contributed by atoms with Crippen LogP contribution in [0.3, 0.4) is 0 Å². The van der Waals surface area contributed by atoms with Crippen LogP contribution in [0.2, 0.25) is 0 Å². The van der Waals surface area contributed by atoms with E-state index in [4.69, 9.17) is 11.6 Å². The van der Waals surface area contributed by atoms with Crippen molar-refractivity contribution in [2.75, 3.05) is 0 Å². The Kier molecular flexibility index (Phi) is 8.98. The van der Waals surface area contributed by atoms with Crippen molar-refractivity contribution in [3.63, 3.8) is 0 Å². The van der Waals surface area contributed by atoms with Gasteiger partial charge in [0.2, 0.25) is 0 Å². The van der Waals surface area contributed by atoms with Gasteiger partial charge in [-0.3, -0.25) is 0 Å². The number of hydrogen-bond donors (Lipinski definition) is 0. The van der Waals surface area contributed by atoms with Gasteiger partial charge in [0.15, 0.2) is 0 Å². The average Bonchev–Trinajstić information content (AvgIpc) is 1.38. The molecule has 0 heterocycles. The van der Waals surface area contributed by atoms with Crippen LogP contribution in [-0.2, 0) is 0 Å². The second-order valence-electron chi connectivity index (χ2n) is 0.651. The summed E-state index contributed by atoms with van der Waals surface area (Å²) in [5, 5.41) is 0.491. The lowest BCUT2D eigenvalue weighted by Crippen LogP contribution is -1.42. The lowest BCUT2D eigenvalue weighted by atomic mass is 10.6. The minimum Gasteiger partial charge on any atom is -0.0976 e. The molecule has 0 atom stereocenters. The largest absolute Gasteiger partial charge is 0.316 e. The van der Waals surface area contributed by atoms with E-state index in [2.05, 4.69) is 13.2 Å². The molecule has 32 valence electrons. The molecule has 0 aromatic carbocycles. The molecule has 0 unspecified atom stereocenters. The van der Waals surface area contributed by atoms with E-state index in [1.54, 1.807) is 0 Å². The summed E-state index contributed by atoms with van der Waals surface area (Å²) in [6, 6.07) is 0. The smallest absolute Gasteiger partial charge is 0.0976 e. The monoisotopic (exact) mass is 114 g/mol. The van der Waals surface area contributed by atoms with Crippen LogP contribution >= 0.6 is 11.6 Å². The van der Waals surface area contributed by atoms with E-state index < -0.39 is 0 Å². The summed E-state index contributed by atoms with van der Waals surface area (Å²) in [4.78, 5) is 0. The zero-order chi connectivity index (χ0) is 4.28. The minimum atomic E-state index is 0. The van der Waals surface area contributed by atoms with Crippen LogP contribution in [0.25, 0.3) is 0 Å². The summed E-state index contributed by atoms with van der Waals surface area (Å²) in [7, 11) is 0. The molecular formula is C4H7ClMg. The summed E-state index contributed by atoms with van der Waals surface area (Å²) in [6.07, 6.45) is 1.49. The molecule has 0 aromatic rings. The van der Waals surface area contributed by atoms with Crippen molar-refractivity contribution in [2.45, 2.75) is 0 Å². The Hall–Kier alpha value is 0.536. The van der Waals surface area contributed by atoms with Crippen LogP contribution in [0.1, 0.15) is 0 Å². The second kappa shape index (κ2) is 5.54. The van der Waals surface area contributed by atoms with E-state index in [0.717, 1.165) is 0 Å². The van der Waals surface area contributed by atoms with Crippen molar-refractivity contribution in [3.8, 4) is 0 Å². The molecule has 0 saturated carbocycles. The predicted octanol–water partition coefficient (Wildman–Crippen LogP) is 1.01. The summed E-state index contributed by atoms with van der Waals surface area (Å²) >= 11 is 5.15. The molecule has 0 bridgehead atoms. The highest BCUT2D eigenvalue weighted by Crippen LogP contribution is 1.92. The first-order valence-electron chi connectivity index (χ1n) is 1.24. The van der Waals surface area contributed by atoms with Crippen molar-refractivity contribution in [1.29, 1.82) is 0 Å². The van der Waals surface area contributed by atoms with Crippen molar-refractivity contribution in [2.24, 2.45) is 0 Å². The maximum atomic E-state index is 5.15. The number of hydrogen-bond acceptors (Lipinski definition) is 0. The van der Waals surface area contributed by atoms with Gasteiger partial charge in [-0.1, -0.05) is 30.8 Å². The fourth-order valence-electron chi connectivity index (χ4n) is 0. The van der Waals surface area contributed by atoms with Gasteiger partial charge in [-0.25, -0.2) is 0 Å². The van der Waals surface area contributed by atoms with Crippen molar-refractivity contribution in [1.82, 2.24) is 0 Å². The lowest BCUT2D eigenvalue weighted by molar-refractivity contribution is 2.04. The van der Waals surface area contributed by atoms with Gasteiger partial charge in [0.05, 0.1) is 0 Å². The van der Waals surface area contributed by atoms with Crippen molar-refractivity contribution >= 4 is 34.7 Å². The Morgan fingerprint density at radius 3 is 1.83 bits per heavy atom. The standard InChI is InChI=1S/C4H5Cl.Mg.2H/c1-3-4(2)5;;;/h3H,1-2H2;;;. The maximum Gasteiger partial charge on any atom is 0.316 e. The zero-order valence-corrected chi connectivity index (χ0v) is 3.63. The van der Waals surface area contributed by atoms with E-state index >= 15 is 0 Å². The summed E-state index contributed by atoms with van der Waals surface area (Å²) in [6.45, 7) is 6.65. The molecule has 0 spiro atoms. The van der Waals surface area contributed by atoms with Gasteiger partial charge in [0.25, 0.3) is 0 Å². The number of halogens is 1. The Balaban J connectivity index is 0. The molecule has 0 radical (unpaired) electrons.